The van der Waals surface area contributed by atoms with Crippen molar-refractivity contribution in [1.82, 2.24) is 5.32 Å². The number of hydrogen-bond donors (Lipinski definition) is 2. The van der Waals surface area contributed by atoms with Crippen LogP contribution in [0.1, 0.15) is 23.1 Å². The lowest BCUT2D eigenvalue weighted by Gasteiger charge is -2.10. The molecule has 128 valence electrons. The van der Waals surface area contributed by atoms with Crippen LogP contribution in [0.2, 0.25) is 0 Å². The highest BCUT2D eigenvalue weighted by Gasteiger charge is 2.30. The molecule has 2 rings (SSSR count). The maximum atomic E-state index is 12.6. The average Bonchev–Trinajstić information content (AvgIpc) is 2.53. The second kappa shape index (κ2) is 7.97. The lowest BCUT2D eigenvalue weighted by Crippen LogP contribution is -2.21. The molecular formula is C18H19F3N2O. The second-order valence-electron chi connectivity index (χ2n) is 5.54. The van der Waals surface area contributed by atoms with Crippen LogP contribution >= 0.6 is 0 Å². The molecule has 0 saturated carbocycles. The molecule has 24 heavy (non-hydrogen) atoms. The maximum Gasteiger partial charge on any atom is 0.416 e. The third-order valence-electron chi connectivity index (χ3n) is 3.45. The number of anilines is 1. The van der Waals surface area contributed by atoms with Gasteiger partial charge in [-0.3, -0.25) is 4.79 Å². The molecule has 0 aliphatic carbocycles. The molecule has 0 bridgehead atoms. The van der Waals surface area contributed by atoms with E-state index in [9.17, 15) is 18.0 Å². The summed E-state index contributed by atoms with van der Waals surface area (Å²) in [5.74, 6) is -0.328. The maximum absolute atomic E-state index is 12.6. The molecule has 3 nitrogen and oxygen atoms in total. The number of aryl methyl sites for hydroxylation is 1. The predicted molar refractivity (Wildman–Crippen MR) is 87.6 cm³/mol. The first-order chi connectivity index (χ1) is 11.3. The molecule has 0 heterocycles. The van der Waals surface area contributed by atoms with Crippen LogP contribution in [0, 0.1) is 6.92 Å². The molecule has 0 unspecified atom stereocenters. The Hall–Kier alpha value is -2.34. The van der Waals surface area contributed by atoms with Crippen molar-refractivity contribution >= 4 is 11.6 Å². The first-order valence-electron chi connectivity index (χ1n) is 7.58. The van der Waals surface area contributed by atoms with Gasteiger partial charge in [0, 0.05) is 25.2 Å². The van der Waals surface area contributed by atoms with Gasteiger partial charge < -0.3 is 10.6 Å². The van der Waals surface area contributed by atoms with E-state index >= 15 is 0 Å². The molecule has 0 aliphatic heterocycles. The summed E-state index contributed by atoms with van der Waals surface area (Å²) in [6.45, 7) is 3.09. The minimum atomic E-state index is -4.42. The van der Waals surface area contributed by atoms with Crippen molar-refractivity contribution in [1.29, 1.82) is 0 Å². The normalized spacial score (nSPS) is 11.3. The van der Waals surface area contributed by atoms with Gasteiger partial charge in [-0.1, -0.05) is 35.9 Å². The van der Waals surface area contributed by atoms with Crippen molar-refractivity contribution in [3.05, 3.63) is 65.2 Å². The molecule has 0 atom stereocenters. The largest absolute Gasteiger partial charge is 0.416 e. The van der Waals surface area contributed by atoms with Crippen LogP contribution < -0.4 is 10.6 Å². The second-order valence-corrected chi connectivity index (χ2v) is 5.54. The minimum absolute atomic E-state index is 0.147. The Kier molecular flexibility index (Phi) is 5.98. The SMILES string of the molecule is Cc1ccc(CNCCC(=O)Nc2cccc(C(F)(F)F)c2)cc1. The summed E-state index contributed by atoms with van der Waals surface area (Å²) in [6.07, 6.45) is -4.24. The lowest BCUT2D eigenvalue weighted by atomic mass is 10.1. The fourth-order valence-electron chi connectivity index (χ4n) is 2.14. The van der Waals surface area contributed by atoms with E-state index in [2.05, 4.69) is 10.6 Å². The summed E-state index contributed by atoms with van der Waals surface area (Å²) in [5, 5.41) is 5.61. The summed E-state index contributed by atoms with van der Waals surface area (Å²) in [4.78, 5) is 11.8. The number of carbonyl (C=O) groups is 1. The van der Waals surface area contributed by atoms with E-state index in [1.165, 1.54) is 17.7 Å². The molecule has 0 radical (unpaired) electrons. The summed E-state index contributed by atoms with van der Waals surface area (Å²) >= 11 is 0. The van der Waals surface area contributed by atoms with Gasteiger partial charge in [-0.05, 0) is 30.7 Å². The summed E-state index contributed by atoms with van der Waals surface area (Å²) in [6, 6.07) is 12.6. The van der Waals surface area contributed by atoms with Crippen molar-refractivity contribution in [3.63, 3.8) is 0 Å². The number of halogens is 3. The zero-order valence-corrected chi connectivity index (χ0v) is 13.3. The monoisotopic (exact) mass is 336 g/mol. The molecule has 2 N–H and O–H groups in total. The van der Waals surface area contributed by atoms with Gasteiger partial charge in [-0.25, -0.2) is 0 Å². The van der Waals surface area contributed by atoms with Crippen LogP contribution in [0.5, 0.6) is 0 Å². The first kappa shape index (κ1) is 18.0. The van der Waals surface area contributed by atoms with Gasteiger partial charge >= 0.3 is 6.18 Å². The van der Waals surface area contributed by atoms with Gasteiger partial charge in [0.05, 0.1) is 5.56 Å². The van der Waals surface area contributed by atoms with Crippen molar-refractivity contribution < 1.29 is 18.0 Å². The van der Waals surface area contributed by atoms with Gasteiger partial charge in [0.2, 0.25) is 5.91 Å². The van der Waals surface area contributed by atoms with Crippen molar-refractivity contribution in [2.75, 3.05) is 11.9 Å². The zero-order chi connectivity index (χ0) is 17.6. The molecule has 2 aromatic carbocycles. The molecule has 0 spiro atoms. The number of hydrogen-bond acceptors (Lipinski definition) is 2. The fourth-order valence-corrected chi connectivity index (χ4v) is 2.14. The highest BCUT2D eigenvalue weighted by Crippen LogP contribution is 2.30. The van der Waals surface area contributed by atoms with Gasteiger partial charge in [0.25, 0.3) is 0 Å². The van der Waals surface area contributed by atoms with E-state index in [1.54, 1.807) is 0 Å². The van der Waals surface area contributed by atoms with Gasteiger partial charge in [-0.2, -0.15) is 13.2 Å². The van der Waals surface area contributed by atoms with Crippen LogP contribution in [0.3, 0.4) is 0 Å². The number of alkyl halides is 3. The Labute approximate surface area is 138 Å². The molecule has 0 aliphatic rings. The summed E-state index contributed by atoms with van der Waals surface area (Å²) in [7, 11) is 0. The van der Waals surface area contributed by atoms with E-state index in [4.69, 9.17) is 0 Å². The first-order valence-corrected chi connectivity index (χ1v) is 7.58. The molecule has 1 amide bonds. The van der Waals surface area contributed by atoms with Gasteiger partial charge in [0.15, 0.2) is 0 Å². The number of rotatable bonds is 6. The van der Waals surface area contributed by atoms with Crippen molar-refractivity contribution in [2.24, 2.45) is 0 Å². The quantitative estimate of drug-likeness (QED) is 0.779. The van der Waals surface area contributed by atoms with Crippen LogP contribution in [0.4, 0.5) is 18.9 Å². The molecule has 6 heteroatoms. The van der Waals surface area contributed by atoms with Crippen LogP contribution in [-0.4, -0.2) is 12.5 Å². The number of carbonyl (C=O) groups excluding carboxylic acids is 1. The Morgan fingerprint density at radius 1 is 1.08 bits per heavy atom. The van der Waals surface area contributed by atoms with E-state index < -0.39 is 11.7 Å². The number of nitrogens with one attached hydrogen (secondary N) is 2. The Morgan fingerprint density at radius 3 is 2.46 bits per heavy atom. The topological polar surface area (TPSA) is 41.1 Å². The van der Waals surface area contributed by atoms with Gasteiger partial charge in [-0.15, -0.1) is 0 Å². The van der Waals surface area contributed by atoms with E-state index in [0.717, 1.165) is 17.7 Å². The molecular weight excluding hydrogens is 317 g/mol. The Morgan fingerprint density at radius 2 is 1.79 bits per heavy atom. The van der Waals surface area contributed by atoms with Crippen LogP contribution in [0.25, 0.3) is 0 Å². The fraction of sp³-hybridized carbons (Fsp3) is 0.278. The standard InChI is InChI=1S/C18H19F3N2O/c1-13-5-7-14(8-6-13)12-22-10-9-17(24)23-16-4-2-3-15(11-16)18(19,20)21/h2-8,11,22H,9-10,12H2,1H3,(H,23,24). The Balaban J connectivity index is 1.76. The van der Waals surface area contributed by atoms with Crippen molar-refractivity contribution in [3.8, 4) is 0 Å². The highest BCUT2D eigenvalue weighted by molar-refractivity contribution is 5.90. The van der Waals surface area contributed by atoms with Gasteiger partial charge in [0.1, 0.15) is 0 Å². The highest BCUT2D eigenvalue weighted by atomic mass is 19.4. The molecule has 0 aromatic heterocycles. The summed E-state index contributed by atoms with van der Waals surface area (Å²) in [5.41, 5.74) is 1.66. The lowest BCUT2D eigenvalue weighted by molar-refractivity contribution is -0.137. The van der Waals surface area contributed by atoms with Crippen LogP contribution in [-0.2, 0) is 17.5 Å². The third kappa shape index (κ3) is 5.70. The molecule has 0 saturated heterocycles. The average molecular weight is 336 g/mol. The van der Waals surface area contributed by atoms with Crippen molar-refractivity contribution in [2.45, 2.75) is 26.1 Å². The zero-order valence-electron chi connectivity index (χ0n) is 13.3. The third-order valence-corrected chi connectivity index (χ3v) is 3.45. The number of amides is 1. The number of benzene rings is 2. The smallest absolute Gasteiger partial charge is 0.326 e. The van der Waals surface area contributed by atoms with E-state index in [0.29, 0.717) is 13.1 Å². The molecule has 2 aromatic rings. The van der Waals surface area contributed by atoms with E-state index in [-0.39, 0.29) is 18.0 Å². The summed E-state index contributed by atoms with van der Waals surface area (Å²) < 4.78 is 37.9. The minimum Gasteiger partial charge on any atom is -0.326 e. The molecule has 0 fully saturated rings. The predicted octanol–water partition coefficient (Wildman–Crippen LogP) is 4.13. The Bertz CT molecular complexity index is 681. The van der Waals surface area contributed by atoms with E-state index in [1.807, 2.05) is 31.2 Å². The van der Waals surface area contributed by atoms with Crippen LogP contribution in [0.15, 0.2) is 48.5 Å².